The number of halogens is 1. The van der Waals surface area contributed by atoms with Gasteiger partial charge < -0.3 is 10.4 Å². The van der Waals surface area contributed by atoms with Crippen LogP contribution in [0.3, 0.4) is 0 Å². The molecule has 0 aliphatic carbocycles. The van der Waals surface area contributed by atoms with Crippen LogP contribution in [-0.4, -0.2) is 29.4 Å². The second kappa shape index (κ2) is 8.80. The average Bonchev–Trinajstić information content (AvgIpc) is 2.42. The summed E-state index contributed by atoms with van der Waals surface area (Å²) in [5.41, 5.74) is 0.548. The van der Waals surface area contributed by atoms with E-state index in [1.807, 2.05) is 13.8 Å². The first-order valence-electron chi connectivity index (χ1n) is 7.12. The highest BCUT2D eigenvalue weighted by Crippen LogP contribution is 2.12. The Morgan fingerprint density at radius 1 is 1.19 bits per heavy atom. The van der Waals surface area contributed by atoms with Crippen molar-refractivity contribution in [2.45, 2.75) is 39.2 Å². The first-order valence-corrected chi connectivity index (χ1v) is 7.49. The number of Topliss-reactive ketones (excluding diaryl/α,β-unsaturated/α-hetero) is 1. The SMILES string of the molecule is CC(C)CC(O)CNC(=O)CCC(=O)c1ccc(Cl)cc1. The Bertz CT molecular complexity index is 471. The Morgan fingerprint density at radius 2 is 1.81 bits per heavy atom. The van der Waals surface area contributed by atoms with E-state index in [0.717, 1.165) is 0 Å². The number of amides is 1. The minimum Gasteiger partial charge on any atom is -0.391 e. The summed E-state index contributed by atoms with van der Waals surface area (Å²) >= 11 is 5.75. The first-order chi connectivity index (χ1) is 9.88. The van der Waals surface area contributed by atoms with E-state index in [-0.39, 0.29) is 31.1 Å². The molecule has 1 unspecified atom stereocenters. The van der Waals surface area contributed by atoms with Crippen LogP contribution in [0.4, 0.5) is 0 Å². The molecule has 116 valence electrons. The zero-order valence-corrected chi connectivity index (χ0v) is 13.2. The van der Waals surface area contributed by atoms with Gasteiger partial charge in [0.2, 0.25) is 5.91 Å². The molecule has 1 amide bonds. The van der Waals surface area contributed by atoms with Gasteiger partial charge in [0.1, 0.15) is 0 Å². The van der Waals surface area contributed by atoms with Crippen molar-refractivity contribution in [3.8, 4) is 0 Å². The van der Waals surface area contributed by atoms with Gasteiger partial charge >= 0.3 is 0 Å². The summed E-state index contributed by atoms with van der Waals surface area (Å²) in [6.07, 6.45) is 0.369. The molecule has 0 radical (unpaired) electrons. The van der Waals surface area contributed by atoms with E-state index in [2.05, 4.69) is 5.32 Å². The summed E-state index contributed by atoms with van der Waals surface area (Å²) in [7, 11) is 0. The molecule has 0 fully saturated rings. The molecule has 0 aromatic heterocycles. The van der Waals surface area contributed by atoms with Gasteiger partial charge in [-0.3, -0.25) is 9.59 Å². The van der Waals surface area contributed by atoms with Crippen LogP contribution in [-0.2, 0) is 4.79 Å². The Labute approximate surface area is 130 Å². The summed E-state index contributed by atoms with van der Waals surface area (Å²) in [5.74, 6) is 0.0630. The van der Waals surface area contributed by atoms with Gasteiger partial charge in [-0.15, -0.1) is 0 Å². The van der Waals surface area contributed by atoms with Crippen LogP contribution < -0.4 is 5.32 Å². The number of hydrogen-bond donors (Lipinski definition) is 2. The lowest BCUT2D eigenvalue weighted by Crippen LogP contribution is -2.32. The van der Waals surface area contributed by atoms with Gasteiger partial charge in [0, 0.05) is 30.0 Å². The topological polar surface area (TPSA) is 66.4 Å². The summed E-state index contributed by atoms with van der Waals surface area (Å²) in [4.78, 5) is 23.5. The van der Waals surface area contributed by atoms with E-state index in [1.54, 1.807) is 24.3 Å². The molecule has 5 heteroatoms. The van der Waals surface area contributed by atoms with Gasteiger partial charge in [-0.2, -0.15) is 0 Å². The van der Waals surface area contributed by atoms with Crippen molar-refractivity contribution >= 4 is 23.3 Å². The molecule has 0 bridgehead atoms. The molecule has 1 aromatic rings. The molecule has 0 saturated heterocycles. The highest BCUT2D eigenvalue weighted by molar-refractivity contribution is 6.30. The van der Waals surface area contributed by atoms with Crippen molar-refractivity contribution < 1.29 is 14.7 Å². The smallest absolute Gasteiger partial charge is 0.220 e. The Morgan fingerprint density at radius 3 is 2.38 bits per heavy atom. The van der Waals surface area contributed by atoms with E-state index in [1.165, 1.54) is 0 Å². The molecule has 1 rings (SSSR count). The van der Waals surface area contributed by atoms with E-state index in [4.69, 9.17) is 11.6 Å². The largest absolute Gasteiger partial charge is 0.391 e. The van der Waals surface area contributed by atoms with Crippen molar-refractivity contribution in [2.75, 3.05) is 6.54 Å². The third-order valence-corrected chi connectivity index (χ3v) is 3.28. The van der Waals surface area contributed by atoms with Gasteiger partial charge in [-0.25, -0.2) is 0 Å². The molecular formula is C16H22ClNO3. The van der Waals surface area contributed by atoms with Crippen molar-refractivity contribution in [2.24, 2.45) is 5.92 Å². The predicted molar refractivity (Wildman–Crippen MR) is 83.5 cm³/mol. The molecule has 0 heterocycles. The molecular weight excluding hydrogens is 290 g/mol. The number of aliphatic hydroxyl groups is 1. The molecule has 0 spiro atoms. The number of carbonyl (C=O) groups is 2. The summed E-state index contributed by atoms with van der Waals surface area (Å²) in [6.45, 7) is 4.25. The second-order valence-corrected chi connectivity index (χ2v) is 5.95. The molecule has 1 atom stereocenters. The summed E-state index contributed by atoms with van der Waals surface area (Å²) in [5, 5.41) is 12.9. The molecule has 0 aliphatic rings. The quantitative estimate of drug-likeness (QED) is 0.725. The van der Waals surface area contributed by atoms with Crippen LogP contribution in [0.5, 0.6) is 0 Å². The van der Waals surface area contributed by atoms with E-state index >= 15 is 0 Å². The van der Waals surface area contributed by atoms with Crippen molar-refractivity contribution in [1.82, 2.24) is 5.32 Å². The van der Waals surface area contributed by atoms with Crippen LogP contribution in [0.1, 0.15) is 43.5 Å². The van der Waals surface area contributed by atoms with Crippen molar-refractivity contribution in [1.29, 1.82) is 0 Å². The Balaban J connectivity index is 2.29. The van der Waals surface area contributed by atoms with Crippen molar-refractivity contribution in [3.63, 3.8) is 0 Å². The third kappa shape index (κ3) is 7.25. The maximum atomic E-state index is 11.9. The van der Waals surface area contributed by atoms with E-state index < -0.39 is 6.10 Å². The highest BCUT2D eigenvalue weighted by atomic mass is 35.5. The van der Waals surface area contributed by atoms with Gasteiger partial charge in [0.05, 0.1) is 6.10 Å². The van der Waals surface area contributed by atoms with E-state index in [9.17, 15) is 14.7 Å². The van der Waals surface area contributed by atoms with Gasteiger partial charge in [-0.05, 0) is 36.6 Å². The first kappa shape index (κ1) is 17.7. The minimum absolute atomic E-state index is 0.0930. The highest BCUT2D eigenvalue weighted by Gasteiger charge is 2.11. The second-order valence-electron chi connectivity index (χ2n) is 5.52. The van der Waals surface area contributed by atoms with Crippen LogP contribution >= 0.6 is 11.6 Å². The number of benzene rings is 1. The third-order valence-electron chi connectivity index (χ3n) is 3.02. The number of rotatable bonds is 8. The number of aliphatic hydroxyl groups excluding tert-OH is 1. The minimum atomic E-state index is -0.541. The van der Waals surface area contributed by atoms with Gasteiger partial charge in [0.25, 0.3) is 0 Å². The zero-order chi connectivity index (χ0) is 15.8. The van der Waals surface area contributed by atoms with Crippen molar-refractivity contribution in [3.05, 3.63) is 34.9 Å². The van der Waals surface area contributed by atoms with Gasteiger partial charge in [0.15, 0.2) is 5.78 Å². The molecule has 1 aromatic carbocycles. The molecule has 0 aliphatic heterocycles. The maximum Gasteiger partial charge on any atom is 0.220 e. The Kier molecular flexibility index (Phi) is 7.40. The van der Waals surface area contributed by atoms with E-state index in [0.29, 0.717) is 22.9 Å². The number of nitrogens with one attached hydrogen (secondary N) is 1. The maximum absolute atomic E-state index is 11.9. The van der Waals surface area contributed by atoms with Crippen LogP contribution in [0.15, 0.2) is 24.3 Å². The van der Waals surface area contributed by atoms with Crippen LogP contribution in [0.25, 0.3) is 0 Å². The number of ketones is 1. The number of hydrogen-bond acceptors (Lipinski definition) is 3. The van der Waals surface area contributed by atoms with Crippen LogP contribution in [0, 0.1) is 5.92 Å². The fourth-order valence-corrected chi connectivity index (χ4v) is 2.08. The fourth-order valence-electron chi connectivity index (χ4n) is 1.95. The monoisotopic (exact) mass is 311 g/mol. The molecule has 4 nitrogen and oxygen atoms in total. The molecule has 2 N–H and O–H groups in total. The predicted octanol–water partition coefficient (Wildman–Crippen LogP) is 2.83. The van der Waals surface area contributed by atoms with Crippen LogP contribution in [0.2, 0.25) is 5.02 Å². The lowest BCUT2D eigenvalue weighted by atomic mass is 10.1. The molecule has 0 saturated carbocycles. The molecule has 21 heavy (non-hydrogen) atoms. The average molecular weight is 312 g/mol. The standard InChI is InChI=1S/C16H22ClNO3/c1-11(2)9-14(19)10-18-16(21)8-7-15(20)12-3-5-13(17)6-4-12/h3-6,11,14,19H,7-10H2,1-2H3,(H,18,21). The Hall–Kier alpha value is -1.39. The normalized spacial score (nSPS) is 12.2. The number of carbonyl (C=O) groups excluding carboxylic acids is 2. The van der Waals surface area contributed by atoms with Gasteiger partial charge in [-0.1, -0.05) is 25.4 Å². The zero-order valence-electron chi connectivity index (χ0n) is 12.4. The fraction of sp³-hybridized carbons (Fsp3) is 0.500. The summed E-state index contributed by atoms with van der Waals surface area (Å²) < 4.78 is 0. The summed E-state index contributed by atoms with van der Waals surface area (Å²) in [6, 6.07) is 6.60. The lowest BCUT2D eigenvalue weighted by molar-refractivity contribution is -0.121. The lowest BCUT2D eigenvalue weighted by Gasteiger charge is -2.13.